The molecule has 1 aliphatic rings. The van der Waals surface area contributed by atoms with Gasteiger partial charge in [0.05, 0.1) is 18.2 Å². The van der Waals surface area contributed by atoms with E-state index in [1.807, 2.05) is 18.2 Å². The van der Waals surface area contributed by atoms with Crippen LogP contribution in [0.1, 0.15) is 18.5 Å². The van der Waals surface area contributed by atoms with Gasteiger partial charge in [0.1, 0.15) is 0 Å². The van der Waals surface area contributed by atoms with Gasteiger partial charge in [-0.25, -0.2) is 0 Å². The molecule has 1 aromatic heterocycles. The Labute approximate surface area is 130 Å². The van der Waals surface area contributed by atoms with Crippen LogP contribution in [-0.2, 0) is 11.2 Å². The first-order valence-electron chi connectivity index (χ1n) is 7.81. The summed E-state index contributed by atoms with van der Waals surface area (Å²) in [6, 6.07) is 12.3. The van der Waals surface area contributed by atoms with Gasteiger partial charge in [-0.3, -0.25) is 9.98 Å². The zero-order chi connectivity index (χ0) is 15.2. The summed E-state index contributed by atoms with van der Waals surface area (Å²) in [7, 11) is 0. The van der Waals surface area contributed by atoms with Crippen LogP contribution in [0.2, 0.25) is 0 Å². The highest BCUT2D eigenvalue weighted by atomic mass is 16.5. The molecule has 1 unspecified atom stereocenters. The van der Waals surface area contributed by atoms with E-state index in [0.717, 1.165) is 49.0 Å². The molecular weight excluding hydrogens is 276 g/mol. The number of fused-ring (bicyclic) bond motifs is 1. The number of ether oxygens (including phenoxy) is 1. The molecule has 1 fully saturated rings. The number of aromatic nitrogens is 1. The van der Waals surface area contributed by atoms with Crippen LogP contribution in [-0.4, -0.2) is 36.7 Å². The zero-order valence-corrected chi connectivity index (χ0v) is 12.7. The van der Waals surface area contributed by atoms with E-state index in [4.69, 9.17) is 10.5 Å². The number of para-hydroxylation sites is 1. The van der Waals surface area contributed by atoms with Crippen molar-refractivity contribution in [3.63, 3.8) is 0 Å². The average Bonchev–Trinajstić information content (AvgIpc) is 3.06. The van der Waals surface area contributed by atoms with E-state index in [1.54, 1.807) is 0 Å². The number of nitrogens with zero attached hydrogens (tertiary/aromatic N) is 2. The monoisotopic (exact) mass is 298 g/mol. The number of pyridine rings is 1. The van der Waals surface area contributed by atoms with Crippen molar-refractivity contribution in [2.45, 2.75) is 25.4 Å². The second kappa shape index (κ2) is 7.22. The molecule has 22 heavy (non-hydrogen) atoms. The van der Waals surface area contributed by atoms with Gasteiger partial charge in [-0.2, -0.15) is 0 Å². The quantitative estimate of drug-likeness (QED) is 0.653. The normalized spacial score (nSPS) is 18.7. The first-order valence-corrected chi connectivity index (χ1v) is 7.81. The predicted molar refractivity (Wildman–Crippen MR) is 88.9 cm³/mol. The van der Waals surface area contributed by atoms with E-state index in [2.05, 4.69) is 33.5 Å². The van der Waals surface area contributed by atoms with Crippen molar-refractivity contribution in [1.29, 1.82) is 0 Å². The van der Waals surface area contributed by atoms with Gasteiger partial charge in [0, 0.05) is 30.7 Å². The van der Waals surface area contributed by atoms with E-state index in [9.17, 15) is 0 Å². The molecule has 5 heteroatoms. The number of nitrogens with one attached hydrogen (secondary N) is 1. The molecule has 116 valence electrons. The van der Waals surface area contributed by atoms with Crippen LogP contribution < -0.4 is 11.1 Å². The number of hydrogen-bond donors (Lipinski definition) is 2. The van der Waals surface area contributed by atoms with Gasteiger partial charge in [0.25, 0.3) is 0 Å². The highest BCUT2D eigenvalue weighted by molar-refractivity contribution is 5.78. The van der Waals surface area contributed by atoms with E-state index in [0.29, 0.717) is 12.5 Å². The van der Waals surface area contributed by atoms with Crippen LogP contribution >= 0.6 is 0 Å². The van der Waals surface area contributed by atoms with Crippen LogP contribution in [0.25, 0.3) is 10.9 Å². The Balaban J connectivity index is 1.47. The Morgan fingerprint density at radius 1 is 1.32 bits per heavy atom. The minimum atomic E-state index is 0.238. The highest BCUT2D eigenvalue weighted by Crippen LogP contribution is 2.12. The summed E-state index contributed by atoms with van der Waals surface area (Å²) < 4.78 is 5.52. The summed E-state index contributed by atoms with van der Waals surface area (Å²) in [6.45, 7) is 2.22. The molecule has 2 aromatic rings. The van der Waals surface area contributed by atoms with E-state index >= 15 is 0 Å². The van der Waals surface area contributed by atoms with Gasteiger partial charge in [0.15, 0.2) is 5.96 Å². The Morgan fingerprint density at radius 2 is 2.23 bits per heavy atom. The largest absolute Gasteiger partial charge is 0.376 e. The Bertz CT molecular complexity index is 650. The second-order valence-corrected chi connectivity index (χ2v) is 5.53. The van der Waals surface area contributed by atoms with Gasteiger partial charge in [-0.05, 0) is 25.0 Å². The fourth-order valence-electron chi connectivity index (χ4n) is 2.61. The predicted octanol–water partition coefficient (Wildman–Crippen LogP) is 1.86. The molecule has 0 aliphatic carbocycles. The molecule has 0 saturated carbocycles. The lowest BCUT2D eigenvalue weighted by atomic mass is 10.2. The Morgan fingerprint density at radius 3 is 3.09 bits per heavy atom. The molecule has 5 nitrogen and oxygen atoms in total. The van der Waals surface area contributed by atoms with Crippen LogP contribution in [0.3, 0.4) is 0 Å². The van der Waals surface area contributed by atoms with Gasteiger partial charge in [0.2, 0.25) is 0 Å². The first kappa shape index (κ1) is 14.8. The van der Waals surface area contributed by atoms with Gasteiger partial charge in [-0.15, -0.1) is 0 Å². The SMILES string of the molecule is NC(=NCC1CCCO1)NCCc1ccc2ccccc2n1. The summed E-state index contributed by atoms with van der Waals surface area (Å²) in [4.78, 5) is 8.97. The maximum atomic E-state index is 5.87. The number of nitrogens with two attached hydrogens (primary N) is 1. The number of aliphatic imine (C=N–C) groups is 1. The number of guanidine groups is 1. The maximum absolute atomic E-state index is 5.87. The molecule has 3 rings (SSSR count). The molecule has 1 saturated heterocycles. The third-order valence-electron chi connectivity index (χ3n) is 3.83. The first-order chi connectivity index (χ1) is 10.8. The lowest BCUT2D eigenvalue weighted by Crippen LogP contribution is -2.34. The molecule has 1 atom stereocenters. The summed E-state index contributed by atoms with van der Waals surface area (Å²) in [5, 5.41) is 4.30. The minimum Gasteiger partial charge on any atom is -0.376 e. The molecule has 1 aromatic carbocycles. The molecule has 0 spiro atoms. The van der Waals surface area contributed by atoms with Crippen molar-refractivity contribution in [1.82, 2.24) is 10.3 Å². The van der Waals surface area contributed by atoms with Crippen molar-refractivity contribution < 1.29 is 4.74 Å². The third kappa shape index (κ3) is 3.95. The maximum Gasteiger partial charge on any atom is 0.188 e. The second-order valence-electron chi connectivity index (χ2n) is 5.53. The van der Waals surface area contributed by atoms with Crippen molar-refractivity contribution in [3.05, 3.63) is 42.1 Å². The standard InChI is InChI=1S/C17H22N4O/c18-17(20-12-15-5-3-11-22-15)19-10-9-14-8-7-13-4-1-2-6-16(13)21-14/h1-2,4,6-8,15H,3,5,9-12H2,(H3,18,19,20). The zero-order valence-electron chi connectivity index (χ0n) is 12.7. The van der Waals surface area contributed by atoms with Crippen molar-refractivity contribution in [2.24, 2.45) is 10.7 Å². The van der Waals surface area contributed by atoms with Crippen molar-refractivity contribution in [2.75, 3.05) is 19.7 Å². The summed E-state index contributed by atoms with van der Waals surface area (Å²) in [5.41, 5.74) is 7.95. The minimum absolute atomic E-state index is 0.238. The van der Waals surface area contributed by atoms with E-state index < -0.39 is 0 Å². The topological polar surface area (TPSA) is 72.5 Å². The third-order valence-corrected chi connectivity index (χ3v) is 3.83. The molecule has 1 aliphatic heterocycles. The van der Waals surface area contributed by atoms with Gasteiger partial charge >= 0.3 is 0 Å². The molecule has 0 bridgehead atoms. The van der Waals surface area contributed by atoms with Crippen LogP contribution in [0, 0.1) is 0 Å². The Hall–Kier alpha value is -2.14. The van der Waals surface area contributed by atoms with E-state index in [-0.39, 0.29) is 6.10 Å². The highest BCUT2D eigenvalue weighted by Gasteiger charge is 2.14. The van der Waals surface area contributed by atoms with Crippen LogP contribution in [0.5, 0.6) is 0 Å². The van der Waals surface area contributed by atoms with Gasteiger partial charge < -0.3 is 15.8 Å². The van der Waals surface area contributed by atoms with Crippen LogP contribution in [0.15, 0.2) is 41.4 Å². The van der Waals surface area contributed by atoms with Crippen molar-refractivity contribution in [3.8, 4) is 0 Å². The number of rotatable bonds is 5. The molecule has 0 radical (unpaired) electrons. The number of benzene rings is 1. The van der Waals surface area contributed by atoms with Gasteiger partial charge in [-0.1, -0.05) is 24.3 Å². The Kier molecular flexibility index (Phi) is 4.85. The van der Waals surface area contributed by atoms with Crippen LogP contribution in [0.4, 0.5) is 0 Å². The molecule has 2 heterocycles. The average molecular weight is 298 g/mol. The number of hydrogen-bond acceptors (Lipinski definition) is 3. The van der Waals surface area contributed by atoms with Crippen molar-refractivity contribution >= 4 is 16.9 Å². The fraction of sp³-hybridized carbons (Fsp3) is 0.412. The summed E-state index contributed by atoms with van der Waals surface area (Å²) in [5.74, 6) is 0.483. The molecule has 0 amide bonds. The molecule has 3 N–H and O–H groups in total. The molecular formula is C17H22N4O. The lowest BCUT2D eigenvalue weighted by molar-refractivity contribution is 0.118. The lowest BCUT2D eigenvalue weighted by Gasteiger charge is -2.08. The summed E-state index contributed by atoms with van der Waals surface area (Å²) >= 11 is 0. The smallest absolute Gasteiger partial charge is 0.188 e. The fourth-order valence-corrected chi connectivity index (χ4v) is 2.61. The van der Waals surface area contributed by atoms with E-state index in [1.165, 1.54) is 0 Å². The summed E-state index contributed by atoms with van der Waals surface area (Å²) in [6.07, 6.45) is 3.27.